The van der Waals surface area contributed by atoms with Crippen molar-refractivity contribution in [1.29, 1.82) is 0 Å². The van der Waals surface area contributed by atoms with Gasteiger partial charge < -0.3 is 20.1 Å². The Labute approximate surface area is 361 Å². The fraction of sp³-hybridized carbons (Fsp3) is 0.714. The number of ether oxygens (including phenoxy) is 2. The summed E-state index contributed by atoms with van der Waals surface area (Å²) < 4.78 is 32.8. The van der Waals surface area contributed by atoms with Gasteiger partial charge in [0.1, 0.15) is 6.61 Å². The van der Waals surface area contributed by atoms with Gasteiger partial charge in [-0.25, -0.2) is 4.57 Å². The maximum absolute atomic E-state index is 12.6. The van der Waals surface area contributed by atoms with Crippen molar-refractivity contribution in [2.75, 3.05) is 26.4 Å². The number of carbonyl (C=O) groups excluding carboxylic acids is 2. The van der Waals surface area contributed by atoms with E-state index in [4.69, 9.17) is 24.3 Å². The number of nitrogens with two attached hydrogens (primary N) is 1. The van der Waals surface area contributed by atoms with E-state index in [1.54, 1.807) is 0 Å². The molecular formula is C49H86NO8P. The highest BCUT2D eigenvalue weighted by molar-refractivity contribution is 7.47. The second-order valence-corrected chi connectivity index (χ2v) is 16.7. The quantitative estimate of drug-likeness (QED) is 0.0266. The van der Waals surface area contributed by atoms with E-state index in [1.165, 1.54) is 109 Å². The molecule has 10 heteroatoms. The molecule has 0 aliphatic heterocycles. The Morgan fingerprint density at radius 1 is 0.508 bits per heavy atom. The van der Waals surface area contributed by atoms with Gasteiger partial charge in [0.15, 0.2) is 6.10 Å². The van der Waals surface area contributed by atoms with Gasteiger partial charge in [0.25, 0.3) is 0 Å². The Morgan fingerprint density at radius 2 is 0.915 bits per heavy atom. The fourth-order valence-electron chi connectivity index (χ4n) is 6.08. The Bertz CT molecular complexity index is 1190. The number of hydrogen-bond donors (Lipinski definition) is 2. The van der Waals surface area contributed by atoms with E-state index in [9.17, 15) is 19.0 Å². The predicted molar refractivity (Wildman–Crippen MR) is 247 cm³/mol. The molecule has 0 amide bonds. The van der Waals surface area contributed by atoms with Crippen molar-refractivity contribution in [3.8, 4) is 0 Å². The van der Waals surface area contributed by atoms with Crippen molar-refractivity contribution >= 4 is 19.8 Å². The lowest BCUT2D eigenvalue weighted by molar-refractivity contribution is -0.161. The largest absolute Gasteiger partial charge is 0.472 e. The Balaban J connectivity index is 4.23. The van der Waals surface area contributed by atoms with Gasteiger partial charge in [0.05, 0.1) is 13.2 Å². The molecule has 0 aromatic rings. The van der Waals surface area contributed by atoms with E-state index < -0.39 is 32.5 Å². The molecule has 59 heavy (non-hydrogen) atoms. The number of phosphoric acid groups is 1. The van der Waals surface area contributed by atoms with Gasteiger partial charge in [-0.3, -0.25) is 18.6 Å². The lowest BCUT2D eigenvalue weighted by Crippen LogP contribution is -2.29. The van der Waals surface area contributed by atoms with E-state index >= 15 is 0 Å². The molecule has 0 aromatic heterocycles. The van der Waals surface area contributed by atoms with Gasteiger partial charge >= 0.3 is 19.8 Å². The standard InChI is InChI=1S/C49H86NO8P/c1-3-5-7-9-11-13-15-17-19-21-23-25-27-29-31-33-35-37-39-41-48(51)55-45-47(46-57-59(53,54)56-44-43-50)58-49(52)42-40-38-36-34-32-30-28-26-24-22-20-18-16-14-12-10-8-6-4-2/h11,13,17-20,23,25,29,31,35,37,47H,3-10,12,14-16,21-22,24,26-28,30,32-34,36,38-46,50H2,1-2H3,(H,53,54). The van der Waals surface area contributed by atoms with Crippen LogP contribution in [0.15, 0.2) is 72.9 Å². The molecule has 0 saturated heterocycles. The molecule has 0 fully saturated rings. The van der Waals surface area contributed by atoms with Gasteiger partial charge in [-0.2, -0.15) is 0 Å². The molecule has 2 atom stereocenters. The summed E-state index contributed by atoms with van der Waals surface area (Å²) in [5.41, 5.74) is 5.35. The molecule has 0 radical (unpaired) electrons. The van der Waals surface area contributed by atoms with Crippen LogP contribution in [0, 0.1) is 0 Å². The van der Waals surface area contributed by atoms with Crippen LogP contribution in [0.1, 0.15) is 194 Å². The normalized spacial score (nSPS) is 13.9. The van der Waals surface area contributed by atoms with Crippen LogP contribution in [0.25, 0.3) is 0 Å². The third-order valence-corrected chi connectivity index (χ3v) is 10.6. The zero-order valence-corrected chi connectivity index (χ0v) is 38.4. The topological polar surface area (TPSA) is 134 Å². The van der Waals surface area contributed by atoms with Crippen LogP contribution >= 0.6 is 7.82 Å². The summed E-state index contributed by atoms with van der Waals surface area (Å²) in [5.74, 6) is -0.929. The maximum Gasteiger partial charge on any atom is 0.472 e. The molecule has 0 saturated carbocycles. The van der Waals surface area contributed by atoms with Crippen molar-refractivity contribution in [1.82, 2.24) is 0 Å². The summed E-state index contributed by atoms with van der Waals surface area (Å²) in [4.78, 5) is 34.9. The SMILES string of the molecule is CCCCCC=CCC=CCC=CCC=CCC=CCCC(=O)OCC(COP(=O)(O)OCCN)OC(=O)CCCCCCCCCCCC=CCCCCCCCC. The third kappa shape index (κ3) is 44.8. The highest BCUT2D eigenvalue weighted by atomic mass is 31.2. The molecular weight excluding hydrogens is 762 g/mol. The summed E-state index contributed by atoms with van der Waals surface area (Å²) in [6.07, 6.45) is 55.2. The van der Waals surface area contributed by atoms with Gasteiger partial charge in [0, 0.05) is 19.4 Å². The lowest BCUT2D eigenvalue weighted by atomic mass is 10.1. The minimum absolute atomic E-state index is 0.0409. The number of allylic oxidation sites excluding steroid dienone is 12. The number of rotatable bonds is 43. The Hall–Kier alpha value is -2.55. The number of esters is 2. The summed E-state index contributed by atoms with van der Waals surface area (Å²) in [5, 5.41) is 0. The molecule has 0 rings (SSSR count). The molecule has 340 valence electrons. The van der Waals surface area contributed by atoms with Crippen molar-refractivity contribution < 1.29 is 37.6 Å². The van der Waals surface area contributed by atoms with E-state index in [0.717, 1.165) is 44.9 Å². The van der Waals surface area contributed by atoms with Gasteiger partial charge in [-0.05, 0) is 77.0 Å². The maximum atomic E-state index is 12.6. The molecule has 0 bridgehead atoms. The average Bonchev–Trinajstić information content (AvgIpc) is 3.22. The minimum Gasteiger partial charge on any atom is -0.462 e. The van der Waals surface area contributed by atoms with Crippen LogP contribution in [-0.4, -0.2) is 49.3 Å². The van der Waals surface area contributed by atoms with Gasteiger partial charge in [0.2, 0.25) is 0 Å². The molecule has 0 spiro atoms. The smallest absolute Gasteiger partial charge is 0.462 e. The number of hydrogen-bond acceptors (Lipinski definition) is 8. The fourth-order valence-corrected chi connectivity index (χ4v) is 6.85. The van der Waals surface area contributed by atoms with Gasteiger partial charge in [-0.15, -0.1) is 0 Å². The van der Waals surface area contributed by atoms with Crippen LogP contribution in [0.2, 0.25) is 0 Å². The van der Waals surface area contributed by atoms with Crippen molar-refractivity contribution in [2.24, 2.45) is 5.73 Å². The van der Waals surface area contributed by atoms with E-state index in [0.29, 0.717) is 12.8 Å². The Morgan fingerprint density at radius 3 is 1.42 bits per heavy atom. The van der Waals surface area contributed by atoms with Crippen LogP contribution < -0.4 is 5.73 Å². The van der Waals surface area contributed by atoms with Crippen LogP contribution in [-0.2, 0) is 32.7 Å². The molecule has 3 N–H and O–H groups in total. The highest BCUT2D eigenvalue weighted by Crippen LogP contribution is 2.43. The van der Waals surface area contributed by atoms with E-state index in [2.05, 4.69) is 74.6 Å². The van der Waals surface area contributed by atoms with E-state index in [-0.39, 0.29) is 32.6 Å². The first-order valence-corrected chi connectivity index (χ1v) is 24.9. The molecule has 0 aromatic carbocycles. The zero-order chi connectivity index (χ0) is 43.2. The zero-order valence-electron chi connectivity index (χ0n) is 37.5. The molecule has 0 aliphatic carbocycles. The first kappa shape index (κ1) is 56.5. The van der Waals surface area contributed by atoms with Crippen LogP contribution in [0.4, 0.5) is 0 Å². The van der Waals surface area contributed by atoms with Crippen LogP contribution in [0.5, 0.6) is 0 Å². The monoisotopic (exact) mass is 848 g/mol. The summed E-state index contributed by atoms with van der Waals surface area (Å²) in [6, 6.07) is 0. The summed E-state index contributed by atoms with van der Waals surface area (Å²) in [7, 11) is -4.40. The molecule has 9 nitrogen and oxygen atoms in total. The molecule has 0 aliphatic rings. The van der Waals surface area contributed by atoms with Crippen LogP contribution in [0.3, 0.4) is 0 Å². The minimum atomic E-state index is -4.40. The lowest BCUT2D eigenvalue weighted by Gasteiger charge is -2.19. The third-order valence-electron chi connectivity index (χ3n) is 9.58. The number of phosphoric ester groups is 1. The summed E-state index contributed by atoms with van der Waals surface area (Å²) in [6.45, 7) is 3.62. The first-order valence-electron chi connectivity index (χ1n) is 23.4. The van der Waals surface area contributed by atoms with Crippen molar-refractivity contribution in [3.63, 3.8) is 0 Å². The average molecular weight is 848 g/mol. The van der Waals surface area contributed by atoms with Gasteiger partial charge in [-0.1, -0.05) is 177 Å². The van der Waals surface area contributed by atoms with E-state index in [1.807, 2.05) is 12.2 Å². The second kappa shape index (κ2) is 45.0. The predicted octanol–water partition coefficient (Wildman–Crippen LogP) is 13.8. The van der Waals surface area contributed by atoms with Crippen molar-refractivity contribution in [2.45, 2.75) is 200 Å². The second-order valence-electron chi connectivity index (χ2n) is 15.3. The Kier molecular flexibility index (Phi) is 43.0. The molecule has 0 heterocycles. The summed E-state index contributed by atoms with van der Waals surface area (Å²) >= 11 is 0. The van der Waals surface area contributed by atoms with Crippen molar-refractivity contribution in [3.05, 3.63) is 72.9 Å². The molecule has 2 unspecified atom stereocenters. The highest BCUT2D eigenvalue weighted by Gasteiger charge is 2.25. The first-order chi connectivity index (χ1) is 28.8. The number of unbranched alkanes of at least 4 members (excludes halogenated alkanes) is 18. The number of carbonyl (C=O) groups is 2.